The summed E-state index contributed by atoms with van der Waals surface area (Å²) < 4.78 is 0. The third-order valence-corrected chi connectivity index (χ3v) is 12.6. The molecular formula is C53H32N4S. The minimum atomic E-state index is -0.534. The predicted octanol–water partition coefficient (Wildman–Crippen LogP) is 12.9. The fraction of sp³-hybridized carbons (Fsp3) is 0.0189. The van der Waals surface area contributed by atoms with Gasteiger partial charge in [0.25, 0.3) is 0 Å². The van der Waals surface area contributed by atoms with E-state index in [2.05, 4.69) is 127 Å². The van der Waals surface area contributed by atoms with Crippen LogP contribution < -0.4 is 0 Å². The van der Waals surface area contributed by atoms with Crippen molar-refractivity contribution in [3.8, 4) is 73.6 Å². The van der Waals surface area contributed by atoms with Crippen molar-refractivity contribution in [1.29, 1.82) is 5.26 Å². The van der Waals surface area contributed by atoms with Gasteiger partial charge >= 0.3 is 0 Å². The van der Waals surface area contributed by atoms with E-state index >= 15 is 0 Å². The van der Waals surface area contributed by atoms with Gasteiger partial charge < -0.3 is 0 Å². The minimum Gasteiger partial charge on any atom is -0.208 e. The van der Waals surface area contributed by atoms with E-state index in [-0.39, 0.29) is 0 Å². The van der Waals surface area contributed by atoms with Crippen molar-refractivity contribution in [3.63, 3.8) is 0 Å². The second-order valence-electron chi connectivity index (χ2n) is 14.6. The first-order chi connectivity index (χ1) is 28.7. The molecule has 0 amide bonds. The highest BCUT2D eigenvalue weighted by molar-refractivity contribution is 7.99. The van der Waals surface area contributed by atoms with Gasteiger partial charge in [-0.2, -0.15) is 5.26 Å². The maximum absolute atomic E-state index is 9.66. The molecule has 8 aromatic carbocycles. The maximum atomic E-state index is 9.66. The highest BCUT2D eigenvalue weighted by Crippen LogP contribution is 2.64. The van der Waals surface area contributed by atoms with Crippen LogP contribution in [0, 0.1) is 11.3 Å². The molecular weight excluding hydrogens is 725 g/mol. The molecule has 0 N–H and O–H groups in total. The summed E-state index contributed by atoms with van der Waals surface area (Å²) in [7, 11) is 0. The molecule has 0 bridgehead atoms. The average molecular weight is 757 g/mol. The van der Waals surface area contributed by atoms with Crippen LogP contribution in [-0.4, -0.2) is 15.0 Å². The van der Waals surface area contributed by atoms with Gasteiger partial charge in [0.15, 0.2) is 17.5 Å². The van der Waals surface area contributed by atoms with Crippen molar-refractivity contribution >= 4 is 11.8 Å². The molecule has 0 radical (unpaired) electrons. The molecule has 2 aliphatic rings. The molecule has 5 heteroatoms. The van der Waals surface area contributed by atoms with Crippen molar-refractivity contribution in [2.24, 2.45) is 0 Å². The molecule has 1 aromatic heterocycles. The summed E-state index contributed by atoms with van der Waals surface area (Å²) in [6.07, 6.45) is 0. The largest absolute Gasteiger partial charge is 0.208 e. The number of nitriles is 1. The summed E-state index contributed by atoms with van der Waals surface area (Å²) in [6.45, 7) is 0. The fourth-order valence-electron chi connectivity index (χ4n) is 8.93. The van der Waals surface area contributed by atoms with Crippen LogP contribution in [0.1, 0.15) is 27.8 Å². The van der Waals surface area contributed by atoms with Crippen LogP contribution in [0.15, 0.2) is 204 Å². The molecule has 0 atom stereocenters. The smallest absolute Gasteiger partial charge is 0.164 e. The van der Waals surface area contributed by atoms with Crippen molar-refractivity contribution < 1.29 is 0 Å². The number of benzene rings is 8. The van der Waals surface area contributed by atoms with Crippen LogP contribution in [0.25, 0.3) is 67.5 Å². The molecule has 4 nitrogen and oxygen atoms in total. The zero-order chi connectivity index (χ0) is 38.6. The number of rotatable bonds is 5. The van der Waals surface area contributed by atoms with E-state index in [1.807, 2.05) is 84.6 Å². The molecule has 1 spiro atoms. The van der Waals surface area contributed by atoms with E-state index < -0.39 is 5.41 Å². The lowest BCUT2D eigenvalue weighted by Gasteiger charge is -2.39. The Morgan fingerprint density at radius 3 is 1.21 bits per heavy atom. The SMILES string of the molecule is N#Cc1ccc(-c2cccc3c2-c2c(-c4ccc(-c5nc(-c6ccccc6)nc(-c6ccccc6)n5)cc4)cccc2C32c3ccccc3Sc3ccccc32)cc1. The second-order valence-corrected chi connectivity index (χ2v) is 15.7. The number of hydrogen-bond acceptors (Lipinski definition) is 5. The third kappa shape index (κ3) is 5.27. The van der Waals surface area contributed by atoms with Crippen molar-refractivity contribution in [3.05, 3.63) is 222 Å². The summed E-state index contributed by atoms with van der Waals surface area (Å²) in [5, 5.41) is 9.66. The molecule has 0 fully saturated rings. The first-order valence-electron chi connectivity index (χ1n) is 19.3. The summed E-state index contributed by atoms with van der Waals surface area (Å²) in [4.78, 5) is 17.4. The van der Waals surface area contributed by atoms with Gasteiger partial charge in [0.05, 0.1) is 17.0 Å². The minimum absolute atomic E-state index is 0.534. The van der Waals surface area contributed by atoms with Gasteiger partial charge in [0, 0.05) is 26.5 Å². The fourth-order valence-corrected chi connectivity index (χ4v) is 10.1. The van der Waals surface area contributed by atoms with E-state index in [0.29, 0.717) is 23.0 Å². The Morgan fingerprint density at radius 1 is 0.362 bits per heavy atom. The first-order valence-corrected chi connectivity index (χ1v) is 20.1. The van der Waals surface area contributed by atoms with Crippen LogP contribution in [0.5, 0.6) is 0 Å². The number of aromatic nitrogens is 3. The molecule has 270 valence electrons. The maximum Gasteiger partial charge on any atom is 0.164 e. The van der Waals surface area contributed by atoms with Crippen molar-refractivity contribution in [2.45, 2.75) is 15.2 Å². The Labute approximate surface area is 341 Å². The topological polar surface area (TPSA) is 62.5 Å². The average Bonchev–Trinajstić information content (AvgIpc) is 3.60. The molecule has 0 saturated carbocycles. The molecule has 0 unspecified atom stereocenters. The first kappa shape index (κ1) is 33.9. The van der Waals surface area contributed by atoms with E-state index in [1.165, 1.54) is 43.2 Å². The Hall–Kier alpha value is -7.39. The molecule has 1 aliphatic carbocycles. The van der Waals surface area contributed by atoms with Gasteiger partial charge in [0.2, 0.25) is 0 Å². The highest BCUT2D eigenvalue weighted by atomic mass is 32.2. The van der Waals surface area contributed by atoms with Gasteiger partial charge in [-0.15, -0.1) is 0 Å². The lowest BCUT2D eigenvalue weighted by Crippen LogP contribution is -2.31. The van der Waals surface area contributed by atoms with E-state index in [1.54, 1.807) is 0 Å². The number of fused-ring (bicyclic) bond motifs is 9. The van der Waals surface area contributed by atoms with Crippen LogP contribution in [-0.2, 0) is 5.41 Å². The van der Waals surface area contributed by atoms with Crippen LogP contribution in [0.3, 0.4) is 0 Å². The Kier molecular flexibility index (Phi) is 7.99. The summed E-state index contributed by atoms with van der Waals surface area (Å²) >= 11 is 1.85. The van der Waals surface area contributed by atoms with Gasteiger partial charge in [-0.3, -0.25) is 0 Å². The predicted molar refractivity (Wildman–Crippen MR) is 233 cm³/mol. The molecule has 58 heavy (non-hydrogen) atoms. The second kappa shape index (κ2) is 13.7. The van der Waals surface area contributed by atoms with E-state index in [9.17, 15) is 5.26 Å². The van der Waals surface area contributed by atoms with Gasteiger partial charge in [0.1, 0.15) is 0 Å². The van der Waals surface area contributed by atoms with Crippen LogP contribution in [0.2, 0.25) is 0 Å². The standard InChI is InChI=1S/C53H32N4S/c54-33-34-25-27-35(28-26-34)40-17-11-21-44-48(40)49-41(18-12-22-45(49)53(44)42-19-7-9-23-46(42)58-47-24-10-8-20-43(47)53)36-29-31-39(32-30-36)52-56-50(37-13-3-1-4-14-37)55-51(57-52)38-15-5-2-6-16-38/h1-32H. The monoisotopic (exact) mass is 756 g/mol. The lowest BCUT2D eigenvalue weighted by atomic mass is 9.67. The third-order valence-electron chi connectivity index (χ3n) is 11.5. The summed E-state index contributed by atoms with van der Waals surface area (Å²) in [6, 6.07) is 70.5. The van der Waals surface area contributed by atoms with Crippen LogP contribution in [0.4, 0.5) is 0 Å². The number of nitrogens with zero attached hydrogens (tertiary/aromatic N) is 4. The van der Waals surface area contributed by atoms with Crippen molar-refractivity contribution in [2.75, 3.05) is 0 Å². The highest BCUT2D eigenvalue weighted by Gasteiger charge is 2.51. The summed E-state index contributed by atoms with van der Waals surface area (Å²) in [5.41, 5.74) is 14.9. The van der Waals surface area contributed by atoms with Gasteiger partial charge in [-0.25, -0.2) is 15.0 Å². The molecule has 0 saturated heterocycles. The molecule has 9 aromatic rings. The zero-order valence-corrected chi connectivity index (χ0v) is 32.0. The molecule has 2 heterocycles. The van der Waals surface area contributed by atoms with E-state index in [0.717, 1.165) is 38.9 Å². The van der Waals surface area contributed by atoms with E-state index in [4.69, 9.17) is 15.0 Å². The summed E-state index contributed by atoms with van der Waals surface area (Å²) in [5.74, 6) is 1.90. The Balaban J connectivity index is 1.13. The van der Waals surface area contributed by atoms with Gasteiger partial charge in [-0.05, 0) is 79.9 Å². The zero-order valence-electron chi connectivity index (χ0n) is 31.2. The normalized spacial score (nSPS) is 12.9. The number of hydrogen-bond donors (Lipinski definition) is 0. The van der Waals surface area contributed by atoms with Crippen molar-refractivity contribution in [1.82, 2.24) is 15.0 Å². The van der Waals surface area contributed by atoms with Gasteiger partial charge in [-0.1, -0.05) is 182 Å². The quantitative estimate of drug-likeness (QED) is 0.175. The van der Waals surface area contributed by atoms with Crippen LogP contribution >= 0.6 is 11.8 Å². The Morgan fingerprint density at radius 2 is 0.741 bits per heavy atom. The molecule has 11 rings (SSSR count). The molecule has 1 aliphatic heterocycles. The Bertz CT molecular complexity index is 2980. The lowest BCUT2D eigenvalue weighted by molar-refractivity contribution is 0.722.